The van der Waals surface area contributed by atoms with Crippen molar-refractivity contribution >= 4 is 0 Å². The molecule has 2 aromatic rings. The molecular formula is C36H57N3O. The number of aromatic nitrogens is 2. The third-order valence-corrected chi connectivity index (χ3v) is 9.39. The Morgan fingerprint density at radius 3 is 1.70 bits per heavy atom. The number of pyridine rings is 2. The van der Waals surface area contributed by atoms with Crippen molar-refractivity contribution in [2.45, 2.75) is 153 Å². The minimum absolute atomic E-state index is 0.502. The Balaban J connectivity index is 0.942. The summed E-state index contributed by atoms with van der Waals surface area (Å²) < 4.78 is 0. The van der Waals surface area contributed by atoms with Gasteiger partial charge in [0.1, 0.15) is 0 Å². The molecule has 3 heterocycles. The van der Waals surface area contributed by atoms with Crippen LogP contribution < -0.4 is 0 Å². The van der Waals surface area contributed by atoms with Crippen LogP contribution in [-0.2, 0) is 17.7 Å². The predicted octanol–water partition coefficient (Wildman–Crippen LogP) is 9.68. The van der Waals surface area contributed by atoms with Gasteiger partial charge in [-0.05, 0) is 74.6 Å². The molecule has 3 atom stereocenters. The molecular weight excluding hydrogens is 490 g/mol. The van der Waals surface area contributed by atoms with Crippen LogP contribution in [0.25, 0.3) is 0 Å². The molecule has 0 radical (unpaired) electrons. The van der Waals surface area contributed by atoms with E-state index in [-0.39, 0.29) is 0 Å². The van der Waals surface area contributed by atoms with Crippen LogP contribution in [0.2, 0.25) is 0 Å². The van der Waals surface area contributed by atoms with Gasteiger partial charge < -0.3 is 0 Å². The van der Waals surface area contributed by atoms with Crippen LogP contribution in [0.1, 0.15) is 140 Å². The lowest BCUT2D eigenvalue weighted by Crippen LogP contribution is -2.29. The number of fused-ring (bicyclic) bond motifs is 1. The Kier molecular flexibility index (Phi) is 15.1. The standard InChI is InChI=1S/C36H57N3O/c1(3-5-9-13-20-32-22-18-27-37-30-32)2-4-8-12-16-29-39-35-25-17-24-34(35)36(40-39)26-15-11-7-6-10-14-21-33-23-19-28-38-31-33/h18-19,22-23,27-28,30-31,34-36H,1-17,20-21,24-26,29H2. The van der Waals surface area contributed by atoms with Gasteiger partial charge in [-0.15, -0.1) is 0 Å². The van der Waals surface area contributed by atoms with E-state index in [1.807, 2.05) is 36.9 Å². The first-order valence-corrected chi connectivity index (χ1v) is 17.1. The number of nitrogens with zero attached hydrogens (tertiary/aromatic N) is 3. The summed E-state index contributed by atoms with van der Waals surface area (Å²) in [6.45, 7) is 1.16. The van der Waals surface area contributed by atoms with Gasteiger partial charge in [0.2, 0.25) is 0 Å². The van der Waals surface area contributed by atoms with E-state index in [4.69, 9.17) is 4.84 Å². The fourth-order valence-electron chi connectivity index (χ4n) is 7.06. The summed E-state index contributed by atoms with van der Waals surface area (Å²) in [5.74, 6) is 0.809. The maximum atomic E-state index is 6.57. The molecule has 4 rings (SSSR count). The molecule has 0 spiro atoms. The highest BCUT2D eigenvalue weighted by atomic mass is 16.7. The molecule has 0 aromatic carbocycles. The van der Waals surface area contributed by atoms with Gasteiger partial charge in [0, 0.05) is 43.3 Å². The topological polar surface area (TPSA) is 38.2 Å². The smallest absolute Gasteiger partial charge is 0.0837 e. The largest absolute Gasteiger partial charge is 0.295 e. The molecule has 4 nitrogen and oxygen atoms in total. The van der Waals surface area contributed by atoms with Crippen LogP contribution >= 0.6 is 0 Å². The Bertz CT molecular complexity index is 876. The Hall–Kier alpha value is -1.78. The van der Waals surface area contributed by atoms with Gasteiger partial charge in [-0.25, -0.2) is 0 Å². The van der Waals surface area contributed by atoms with Gasteiger partial charge in [-0.3, -0.25) is 14.8 Å². The Morgan fingerprint density at radius 1 is 0.625 bits per heavy atom. The first kappa shape index (κ1) is 31.2. The SMILES string of the molecule is c1cncc(CCCCCCCCCCCCN2OC(CCCCCCCCc3cccnc3)C3CCCC32)c1. The molecule has 0 amide bonds. The van der Waals surface area contributed by atoms with E-state index in [0.717, 1.165) is 18.5 Å². The molecule has 0 N–H and O–H groups in total. The zero-order chi connectivity index (χ0) is 27.5. The molecule has 0 bridgehead atoms. The molecule has 1 aliphatic heterocycles. The van der Waals surface area contributed by atoms with Crippen LogP contribution in [0.4, 0.5) is 0 Å². The fraction of sp³-hybridized carbons (Fsp3) is 0.722. The van der Waals surface area contributed by atoms with E-state index in [2.05, 4.69) is 27.2 Å². The van der Waals surface area contributed by atoms with Crippen LogP contribution in [0.5, 0.6) is 0 Å². The van der Waals surface area contributed by atoms with Gasteiger partial charge >= 0.3 is 0 Å². The van der Waals surface area contributed by atoms with Crippen LogP contribution in [0.3, 0.4) is 0 Å². The zero-order valence-corrected chi connectivity index (χ0v) is 25.4. The van der Waals surface area contributed by atoms with E-state index < -0.39 is 0 Å². The van der Waals surface area contributed by atoms with Gasteiger partial charge in [-0.2, -0.15) is 5.06 Å². The average Bonchev–Trinajstić information content (AvgIpc) is 3.60. The molecule has 1 saturated heterocycles. The highest BCUT2D eigenvalue weighted by Crippen LogP contribution is 2.41. The number of rotatable bonds is 22. The molecule has 2 aromatic heterocycles. The van der Waals surface area contributed by atoms with Crippen molar-refractivity contribution in [1.29, 1.82) is 0 Å². The summed E-state index contributed by atoms with van der Waals surface area (Å²) in [5.41, 5.74) is 2.77. The van der Waals surface area contributed by atoms with Crippen LogP contribution in [-0.4, -0.2) is 33.7 Å². The van der Waals surface area contributed by atoms with Crippen molar-refractivity contribution in [3.63, 3.8) is 0 Å². The summed E-state index contributed by atoms with van der Waals surface area (Å²) in [6.07, 6.45) is 37.9. The summed E-state index contributed by atoms with van der Waals surface area (Å²) in [7, 11) is 0. The average molecular weight is 548 g/mol. The summed E-state index contributed by atoms with van der Waals surface area (Å²) in [4.78, 5) is 15.0. The molecule has 40 heavy (non-hydrogen) atoms. The lowest BCUT2D eigenvalue weighted by molar-refractivity contribution is -0.167. The molecule has 1 aliphatic carbocycles. The fourth-order valence-corrected chi connectivity index (χ4v) is 7.06. The third kappa shape index (κ3) is 11.6. The quantitative estimate of drug-likeness (QED) is 0.138. The van der Waals surface area contributed by atoms with Crippen molar-refractivity contribution in [3.8, 4) is 0 Å². The second kappa shape index (κ2) is 19.4. The Morgan fingerprint density at radius 2 is 1.15 bits per heavy atom. The highest BCUT2D eigenvalue weighted by Gasteiger charge is 2.44. The van der Waals surface area contributed by atoms with Crippen LogP contribution in [0, 0.1) is 5.92 Å². The summed E-state index contributed by atoms with van der Waals surface area (Å²) in [5, 5.41) is 2.44. The van der Waals surface area contributed by atoms with Crippen molar-refractivity contribution < 1.29 is 4.84 Å². The van der Waals surface area contributed by atoms with Gasteiger partial charge in [0.05, 0.1) is 6.10 Å². The number of unbranched alkanes of at least 4 members (excludes halogenated alkanes) is 14. The number of hydrogen-bond donors (Lipinski definition) is 0. The van der Waals surface area contributed by atoms with Crippen molar-refractivity contribution in [2.75, 3.05) is 6.54 Å². The monoisotopic (exact) mass is 547 g/mol. The van der Waals surface area contributed by atoms with E-state index in [1.165, 1.54) is 152 Å². The lowest BCUT2D eigenvalue weighted by Gasteiger charge is -2.21. The summed E-state index contributed by atoms with van der Waals surface area (Å²) in [6, 6.07) is 9.21. The third-order valence-electron chi connectivity index (χ3n) is 9.39. The van der Waals surface area contributed by atoms with E-state index in [1.54, 1.807) is 0 Å². The molecule has 222 valence electrons. The normalized spacial score (nSPS) is 20.8. The zero-order valence-electron chi connectivity index (χ0n) is 25.4. The number of aryl methyl sites for hydroxylation is 2. The minimum atomic E-state index is 0.502. The van der Waals surface area contributed by atoms with Gasteiger partial charge in [-0.1, -0.05) is 102 Å². The van der Waals surface area contributed by atoms with E-state index in [9.17, 15) is 0 Å². The molecule has 3 unspecified atom stereocenters. The van der Waals surface area contributed by atoms with E-state index in [0.29, 0.717) is 6.10 Å². The second-order valence-corrected chi connectivity index (χ2v) is 12.6. The van der Waals surface area contributed by atoms with E-state index >= 15 is 0 Å². The van der Waals surface area contributed by atoms with Crippen molar-refractivity contribution in [2.24, 2.45) is 5.92 Å². The Labute approximate surface area is 245 Å². The van der Waals surface area contributed by atoms with Crippen LogP contribution in [0.15, 0.2) is 49.1 Å². The molecule has 2 fully saturated rings. The first-order valence-electron chi connectivity index (χ1n) is 17.1. The number of hydrogen-bond acceptors (Lipinski definition) is 4. The van der Waals surface area contributed by atoms with Gasteiger partial charge in [0.15, 0.2) is 0 Å². The molecule has 1 saturated carbocycles. The summed E-state index contributed by atoms with van der Waals surface area (Å²) >= 11 is 0. The van der Waals surface area contributed by atoms with Crippen molar-refractivity contribution in [3.05, 3.63) is 60.2 Å². The second-order valence-electron chi connectivity index (χ2n) is 12.6. The van der Waals surface area contributed by atoms with Crippen molar-refractivity contribution in [1.82, 2.24) is 15.0 Å². The maximum absolute atomic E-state index is 6.57. The highest BCUT2D eigenvalue weighted by molar-refractivity contribution is 5.08. The lowest BCUT2D eigenvalue weighted by atomic mass is 9.93. The first-order chi connectivity index (χ1) is 19.9. The predicted molar refractivity (Wildman–Crippen MR) is 167 cm³/mol. The maximum Gasteiger partial charge on any atom is 0.0837 e. The molecule has 4 heteroatoms. The molecule has 2 aliphatic rings. The number of hydroxylamine groups is 2. The minimum Gasteiger partial charge on any atom is -0.295 e. The van der Waals surface area contributed by atoms with Gasteiger partial charge in [0.25, 0.3) is 0 Å².